The number of nitrogens with zero attached hydrogens (tertiary/aromatic N) is 3. The Morgan fingerprint density at radius 3 is 2.16 bits per heavy atom. The molecule has 0 radical (unpaired) electrons. The van der Waals surface area contributed by atoms with Crippen LogP contribution in [0.5, 0.6) is 0 Å². The Hall–Kier alpha value is -1.73. The van der Waals surface area contributed by atoms with Gasteiger partial charge in [0.1, 0.15) is 13.1 Å². The molecule has 0 aliphatic carbocycles. The largest absolute Gasteiger partial charge is 0.368 e. The van der Waals surface area contributed by atoms with E-state index >= 15 is 0 Å². The molecule has 1 atom stereocenters. The van der Waals surface area contributed by atoms with Gasteiger partial charge in [0.25, 0.3) is 0 Å². The molecule has 0 saturated heterocycles. The van der Waals surface area contributed by atoms with Gasteiger partial charge in [-0.15, -0.1) is 0 Å². The summed E-state index contributed by atoms with van der Waals surface area (Å²) < 4.78 is 1.08. The highest BCUT2D eigenvalue weighted by Crippen LogP contribution is 2.09. The number of benzene rings is 1. The van der Waals surface area contributed by atoms with Crippen molar-refractivity contribution in [1.29, 1.82) is 0 Å². The molecule has 0 fully saturated rings. The van der Waals surface area contributed by atoms with Crippen LogP contribution in [0.25, 0.3) is 0 Å². The maximum Gasteiger partial charge on any atom is 0.225 e. The van der Waals surface area contributed by atoms with Crippen molar-refractivity contribution in [3.63, 3.8) is 0 Å². The smallest absolute Gasteiger partial charge is 0.225 e. The fourth-order valence-electron chi connectivity index (χ4n) is 1.82. The topological polar surface area (TPSA) is 95.2 Å². The zero-order valence-corrected chi connectivity index (χ0v) is 12.2. The van der Waals surface area contributed by atoms with Gasteiger partial charge in [0.2, 0.25) is 11.9 Å². The molecule has 2 aromatic rings. The van der Waals surface area contributed by atoms with Crippen molar-refractivity contribution in [3.8, 4) is 0 Å². The minimum Gasteiger partial charge on any atom is -0.368 e. The lowest BCUT2D eigenvalue weighted by atomic mass is 10.2. The van der Waals surface area contributed by atoms with Gasteiger partial charge in [0.05, 0.1) is 7.05 Å². The number of halogens is 1. The maximum atomic E-state index is 5.55. The lowest BCUT2D eigenvalue weighted by Gasteiger charge is -2.13. The molecule has 7 heteroatoms. The molecule has 1 heterocycles. The highest BCUT2D eigenvalue weighted by Gasteiger charge is 2.09. The summed E-state index contributed by atoms with van der Waals surface area (Å²) >= 11 is 3.42. The number of quaternary nitrogens is 1. The van der Waals surface area contributed by atoms with E-state index in [1.54, 1.807) is 0 Å². The van der Waals surface area contributed by atoms with Gasteiger partial charge in [-0.3, -0.25) is 0 Å². The van der Waals surface area contributed by atoms with E-state index in [0.717, 1.165) is 11.0 Å². The third kappa shape index (κ3) is 4.15. The Morgan fingerprint density at radius 2 is 1.58 bits per heavy atom. The third-order valence-electron chi connectivity index (χ3n) is 2.60. The Balaban J connectivity index is 2.00. The van der Waals surface area contributed by atoms with Gasteiger partial charge in [-0.1, -0.05) is 28.1 Å². The first-order valence-electron chi connectivity index (χ1n) is 5.84. The monoisotopic (exact) mass is 323 g/mol. The van der Waals surface area contributed by atoms with Crippen molar-refractivity contribution in [2.45, 2.75) is 13.1 Å². The van der Waals surface area contributed by atoms with Crippen molar-refractivity contribution < 1.29 is 4.90 Å². The summed E-state index contributed by atoms with van der Waals surface area (Å²) in [5.41, 5.74) is 12.3. The lowest BCUT2D eigenvalue weighted by molar-refractivity contribution is -0.908. The molecule has 19 heavy (non-hydrogen) atoms. The highest BCUT2D eigenvalue weighted by atomic mass is 79.9. The van der Waals surface area contributed by atoms with E-state index in [2.05, 4.69) is 50.1 Å². The van der Waals surface area contributed by atoms with E-state index in [4.69, 9.17) is 11.5 Å². The highest BCUT2D eigenvalue weighted by molar-refractivity contribution is 9.10. The number of nitrogens with one attached hydrogen (secondary N) is 1. The second kappa shape index (κ2) is 5.94. The van der Waals surface area contributed by atoms with Crippen molar-refractivity contribution in [2.24, 2.45) is 0 Å². The normalized spacial score (nSPS) is 12.3. The average molecular weight is 324 g/mol. The van der Waals surface area contributed by atoms with E-state index in [1.807, 2.05) is 12.1 Å². The third-order valence-corrected chi connectivity index (χ3v) is 3.12. The number of nitrogen functional groups attached to an aromatic ring is 2. The Morgan fingerprint density at radius 1 is 1.00 bits per heavy atom. The van der Waals surface area contributed by atoms with Crippen LogP contribution >= 0.6 is 15.9 Å². The predicted octanol–water partition coefficient (Wildman–Crippen LogP) is 0.0134. The van der Waals surface area contributed by atoms with Crippen LogP contribution in [0.15, 0.2) is 28.7 Å². The fourth-order valence-corrected chi connectivity index (χ4v) is 2.08. The molecule has 0 aliphatic rings. The van der Waals surface area contributed by atoms with Crippen molar-refractivity contribution >= 4 is 27.8 Å². The molecule has 0 spiro atoms. The number of hydrogen-bond acceptors (Lipinski definition) is 5. The second-order valence-corrected chi connectivity index (χ2v) is 5.32. The first-order chi connectivity index (χ1) is 9.02. The summed E-state index contributed by atoms with van der Waals surface area (Å²) in [6, 6.07) is 8.23. The molecule has 0 aliphatic heterocycles. The van der Waals surface area contributed by atoms with E-state index < -0.39 is 0 Å². The molecule has 1 aromatic heterocycles. The first kappa shape index (κ1) is 13.7. The summed E-state index contributed by atoms with van der Waals surface area (Å²) in [7, 11) is 2.07. The summed E-state index contributed by atoms with van der Waals surface area (Å²) in [6.07, 6.45) is 0. The summed E-state index contributed by atoms with van der Waals surface area (Å²) in [6.45, 7) is 1.52. The molecule has 1 unspecified atom stereocenters. The Bertz CT molecular complexity index is 536. The SMILES string of the molecule is C[NH+](Cc1ccc(Br)cc1)Cc1nc(N)nc(N)n1. The fraction of sp³-hybridized carbons (Fsp3) is 0.250. The van der Waals surface area contributed by atoms with Gasteiger partial charge >= 0.3 is 0 Å². The maximum absolute atomic E-state index is 5.55. The van der Waals surface area contributed by atoms with E-state index in [1.165, 1.54) is 10.5 Å². The number of nitrogens with two attached hydrogens (primary N) is 2. The van der Waals surface area contributed by atoms with Gasteiger partial charge in [0.15, 0.2) is 5.82 Å². The van der Waals surface area contributed by atoms with E-state index in [9.17, 15) is 0 Å². The molecular formula is C12H16BrN6+. The molecule has 0 amide bonds. The van der Waals surface area contributed by atoms with Crippen molar-refractivity contribution in [3.05, 3.63) is 40.1 Å². The van der Waals surface area contributed by atoms with Gasteiger partial charge in [-0.2, -0.15) is 15.0 Å². The number of rotatable bonds is 4. The summed E-state index contributed by atoms with van der Waals surface area (Å²) in [4.78, 5) is 13.2. The molecular weight excluding hydrogens is 308 g/mol. The molecule has 0 bridgehead atoms. The Labute approximate surface area is 120 Å². The van der Waals surface area contributed by atoms with Crippen LogP contribution in [-0.2, 0) is 13.1 Å². The lowest BCUT2D eigenvalue weighted by Crippen LogP contribution is -3.06. The molecule has 2 rings (SSSR count). The van der Waals surface area contributed by atoms with Crippen molar-refractivity contribution in [1.82, 2.24) is 15.0 Å². The van der Waals surface area contributed by atoms with Gasteiger partial charge < -0.3 is 16.4 Å². The zero-order valence-electron chi connectivity index (χ0n) is 10.6. The van der Waals surface area contributed by atoms with Gasteiger partial charge in [-0.25, -0.2) is 0 Å². The minimum atomic E-state index is 0.166. The van der Waals surface area contributed by atoms with Crippen LogP contribution in [0.3, 0.4) is 0 Å². The minimum absolute atomic E-state index is 0.166. The molecule has 1 aromatic carbocycles. The Kier molecular flexibility index (Phi) is 4.28. The molecule has 5 N–H and O–H groups in total. The quantitative estimate of drug-likeness (QED) is 0.737. The van der Waals surface area contributed by atoms with Crippen LogP contribution in [0, 0.1) is 0 Å². The van der Waals surface area contributed by atoms with E-state index in [0.29, 0.717) is 12.4 Å². The van der Waals surface area contributed by atoms with Gasteiger partial charge in [-0.05, 0) is 12.1 Å². The van der Waals surface area contributed by atoms with Crippen LogP contribution in [-0.4, -0.2) is 22.0 Å². The van der Waals surface area contributed by atoms with Crippen molar-refractivity contribution in [2.75, 3.05) is 18.5 Å². The van der Waals surface area contributed by atoms with Crippen LogP contribution < -0.4 is 16.4 Å². The summed E-state index contributed by atoms with van der Waals surface area (Å²) in [5, 5.41) is 0. The molecule has 6 nitrogen and oxygen atoms in total. The number of anilines is 2. The number of hydrogen-bond donors (Lipinski definition) is 3. The molecule has 100 valence electrons. The summed E-state index contributed by atoms with van der Waals surface area (Å²) in [5.74, 6) is 0.942. The standard InChI is InChI=1S/C12H15BrN6/c1-19(6-8-2-4-9(13)5-3-8)7-10-16-11(14)18-12(15)17-10/h2-5H,6-7H2,1H3,(H4,14,15,16,17,18)/p+1. The second-order valence-electron chi connectivity index (χ2n) is 4.41. The predicted molar refractivity (Wildman–Crippen MR) is 77.1 cm³/mol. The van der Waals surface area contributed by atoms with Gasteiger partial charge in [0, 0.05) is 10.0 Å². The van der Waals surface area contributed by atoms with Crippen LogP contribution in [0.4, 0.5) is 11.9 Å². The van der Waals surface area contributed by atoms with Crippen LogP contribution in [0.1, 0.15) is 11.4 Å². The zero-order chi connectivity index (χ0) is 13.8. The first-order valence-corrected chi connectivity index (χ1v) is 6.64. The van der Waals surface area contributed by atoms with Crippen LogP contribution in [0.2, 0.25) is 0 Å². The molecule has 0 saturated carbocycles. The average Bonchev–Trinajstić information content (AvgIpc) is 2.30. The van der Waals surface area contributed by atoms with E-state index in [-0.39, 0.29) is 11.9 Å². The number of aromatic nitrogens is 3.